The van der Waals surface area contributed by atoms with Gasteiger partial charge in [-0.15, -0.1) is 0 Å². The van der Waals surface area contributed by atoms with Crippen molar-refractivity contribution in [3.8, 4) is 0 Å². The standard InChI is InChI=1S/C11H14N4O4/c1-12-5-7-13(8-6-12)11-9(14(16)17)3-2-4-10(11)15(18)19/h2-4H,5-8H2,1H3/p+1. The Hall–Kier alpha value is -2.22. The van der Waals surface area contributed by atoms with Crippen LogP contribution in [-0.4, -0.2) is 43.1 Å². The molecule has 2 rings (SSSR count). The molecule has 0 bridgehead atoms. The largest absolute Gasteiger partial charge is 0.349 e. The molecule has 1 aromatic rings. The zero-order valence-corrected chi connectivity index (χ0v) is 10.5. The summed E-state index contributed by atoms with van der Waals surface area (Å²) in [6, 6.07) is 3.97. The number of anilines is 1. The second-order valence-electron chi connectivity index (χ2n) is 4.60. The van der Waals surface area contributed by atoms with Crippen molar-refractivity contribution in [1.82, 2.24) is 0 Å². The van der Waals surface area contributed by atoms with Crippen LogP contribution in [0.25, 0.3) is 0 Å². The number of nitrogens with zero attached hydrogens (tertiary/aromatic N) is 3. The highest BCUT2D eigenvalue weighted by molar-refractivity contribution is 5.75. The molecule has 0 aromatic heterocycles. The van der Waals surface area contributed by atoms with E-state index in [9.17, 15) is 20.2 Å². The summed E-state index contributed by atoms with van der Waals surface area (Å²) in [4.78, 5) is 24.0. The highest BCUT2D eigenvalue weighted by atomic mass is 16.6. The van der Waals surface area contributed by atoms with Crippen molar-refractivity contribution in [2.75, 3.05) is 38.1 Å². The molecule has 0 unspecified atom stereocenters. The summed E-state index contributed by atoms with van der Waals surface area (Å²) in [7, 11) is 2.03. The minimum atomic E-state index is -0.562. The average Bonchev–Trinajstić information content (AvgIpc) is 2.38. The first-order chi connectivity index (χ1) is 9.00. The molecule has 0 saturated carbocycles. The molecule has 0 radical (unpaired) electrons. The van der Waals surface area contributed by atoms with Gasteiger partial charge in [0.2, 0.25) is 0 Å². The molecule has 0 atom stereocenters. The monoisotopic (exact) mass is 267 g/mol. The molecule has 0 spiro atoms. The van der Waals surface area contributed by atoms with Crippen LogP contribution in [0.2, 0.25) is 0 Å². The van der Waals surface area contributed by atoms with Crippen LogP contribution in [0.1, 0.15) is 0 Å². The molecule has 8 heteroatoms. The number of hydrogen-bond donors (Lipinski definition) is 1. The average molecular weight is 267 g/mol. The minimum Gasteiger partial charge on any atom is -0.349 e. The molecule has 1 N–H and O–H groups in total. The molecule has 19 heavy (non-hydrogen) atoms. The van der Waals surface area contributed by atoms with E-state index in [1.807, 2.05) is 7.05 Å². The summed E-state index contributed by atoms with van der Waals surface area (Å²) < 4.78 is 0. The molecule has 102 valence electrons. The number of benzene rings is 1. The third kappa shape index (κ3) is 2.63. The third-order valence-electron chi connectivity index (χ3n) is 3.32. The van der Waals surface area contributed by atoms with Gasteiger partial charge in [0.05, 0.1) is 43.1 Å². The Bertz CT molecular complexity index is 479. The summed E-state index contributed by atoms with van der Waals surface area (Å²) in [5, 5.41) is 22.1. The molecule has 0 aliphatic carbocycles. The fourth-order valence-electron chi connectivity index (χ4n) is 2.25. The number of nitrogens with one attached hydrogen (secondary N) is 1. The Morgan fingerprint density at radius 1 is 1.11 bits per heavy atom. The summed E-state index contributed by atoms with van der Waals surface area (Å²) in [5.74, 6) is 0. The van der Waals surface area contributed by atoms with E-state index in [4.69, 9.17) is 0 Å². The number of piperazine rings is 1. The Morgan fingerprint density at radius 2 is 1.58 bits per heavy atom. The summed E-state index contributed by atoms with van der Waals surface area (Å²) in [6.45, 7) is 2.78. The first-order valence-corrected chi connectivity index (χ1v) is 5.98. The Morgan fingerprint density at radius 3 is 2.00 bits per heavy atom. The number of para-hydroxylation sites is 1. The quantitative estimate of drug-likeness (QED) is 0.606. The number of nitro benzene ring substituents is 2. The van der Waals surface area contributed by atoms with Gasteiger partial charge in [-0.3, -0.25) is 20.2 Å². The zero-order valence-electron chi connectivity index (χ0n) is 10.5. The van der Waals surface area contributed by atoms with Crippen molar-refractivity contribution in [1.29, 1.82) is 0 Å². The van der Waals surface area contributed by atoms with Crippen LogP contribution in [0.3, 0.4) is 0 Å². The Labute approximate surface area is 109 Å². The SMILES string of the molecule is C[NH+]1CCN(c2c([N+](=O)[O-])cccc2[N+](=O)[O-])CC1. The fourth-order valence-corrected chi connectivity index (χ4v) is 2.25. The number of nitro groups is 2. The van der Waals surface area contributed by atoms with Crippen LogP contribution >= 0.6 is 0 Å². The maximum Gasteiger partial charge on any atom is 0.299 e. The van der Waals surface area contributed by atoms with Gasteiger partial charge in [-0.2, -0.15) is 0 Å². The smallest absolute Gasteiger partial charge is 0.299 e. The van der Waals surface area contributed by atoms with Gasteiger partial charge in [0.1, 0.15) is 0 Å². The molecule has 8 nitrogen and oxygen atoms in total. The first kappa shape index (κ1) is 13.2. The van der Waals surface area contributed by atoms with Gasteiger partial charge in [0, 0.05) is 12.1 Å². The highest BCUT2D eigenvalue weighted by Crippen LogP contribution is 2.36. The number of quaternary nitrogens is 1. The lowest BCUT2D eigenvalue weighted by Crippen LogP contribution is -3.12. The zero-order chi connectivity index (χ0) is 14.0. The van der Waals surface area contributed by atoms with E-state index in [-0.39, 0.29) is 17.1 Å². The van der Waals surface area contributed by atoms with Crippen LogP contribution in [0.4, 0.5) is 17.1 Å². The van der Waals surface area contributed by atoms with Crippen molar-refractivity contribution in [3.63, 3.8) is 0 Å². The maximum atomic E-state index is 11.1. The summed E-state index contributed by atoms with van der Waals surface area (Å²) >= 11 is 0. The maximum absolute atomic E-state index is 11.1. The van der Waals surface area contributed by atoms with Gasteiger partial charge in [-0.25, -0.2) is 0 Å². The Balaban J connectivity index is 2.46. The van der Waals surface area contributed by atoms with Gasteiger partial charge >= 0.3 is 0 Å². The minimum absolute atomic E-state index is 0.130. The molecule has 1 aliphatic heterocycles. The van der Waals surface area contributed by atoms with Crippen LogP contribution in [0, 0.1) is 20.2 Å². The lowest BCUT2D eigenvalue weighted by Gasteiger charge is -2.30. The van der Waals surface area contributed by atoms with E-state index in [0.717, 1.165) is 13.1 Å². The molecule has 1 aliphatic rings. The lowest BCUT2D eigenvalue weighted by molar-refractivity contribution is -0.880. The van der Waals surface area contributed by atoms with Crippen molar-refractivity contribution in [2.45, 2.75) is 0 Å². The lowest BCUT2D eigenvalue weighted by atomic mass is 10.2. The highest BCUT2D eigenvalue weighted by Gasteiger charge is 2.31. The van der Waals surface area contributed by atoms with Crippen molar-refractivity contribution in [2.24, 2.45) is 0 Å². The van der Waals surface area contributed by atoms with Crippen molar-refractivity contribution < 1.29 is 14.7 Å². The first-order valence-electron chi connectivity index (χ1n) is 5.98. The van der Waals surface area contributed by atoms with Crippen LogP contribution < -0.4 is 9.80 Å². The number of hydrogen-bond acceptors (Lipinski definition) is 5. The summed E-state index contributed by atoms with van der Waals surface area (Å²) in [5.41, 5.74) is -0.271. The predicted octanol–water partition coefficient (Wildman–Crippen LogP) is -0.162. The number of likely N-dealkylation sites (N-methyl/N-ethyl adjacent to an activating group) is 1. The molecular weight excluding hydrogens is 252 g/mol. The van der Waals surface area contributed by atoms with Crippen molar-refractivity contribution in [3.05, 3.63) is 38.4 Å². The van der Waals surface area contributed by atoms with Crippen molar-refractivity contribution >= 4 is 17.1 Å². The third-order valence-corrected chi connectivity index (χ3v) is 3.32. The van der Waals surface area contributed by atoms with Crippen LogP contribution in [-0.2, 0) is 0 Å². The van der Waals surface area contributed by atoms with E-state index in [1.54, 1.807) is 4.90 Å². The second kappa shape index (κ2) is 5.19. The van der Waals surface area contributed by atoms with Crippen LogP contribution in [0.5, 0.6) is 0 Å². The summed E-state index contributed by atoms with van der Waals surface area (Å²) in [6.07, 6.45) is 0. The molecule has 1 fully saturated rings. The van der Waals surface area contributed by atoms with E-state index >= 15 is 0 Å². The van der Waals surface area contributed by atoms with Gasteiger partial charge in [-0.05, 0) is 6.07 Å². The van der Waals surface area contributed by atoms with Gasteiger partial charge in [0.15, 0.2) is 5.69 Å². The van der Waals surface area contributed by atoms with Crippen LogP contribution in [0.15, 0.2) is 18.2 Å². The molecule has 1 saturated heterocycles. The number of rotatable bonds is 3. The topological polar surface area (TPSA) is 94.0 Å². The van der Waals surface area contributed by atoms with E-state index in [1.165, 1.54) is 23.1 Å². The fraction of sp³-hybridized carbons (Fsp3) is 0.455. The van der Waals surface area contributed by atoms with E-state index < -0.39 is 9.85 Å². The molecular formula is C11H15N4O4+. The van der Waals surface area contributed by atoms with E-state index in [2.05, 4.69) is 0 Å². The normalized spacial score (nSPS) is 16.4. The Kier molecular flexibility index (Phi) is 3.61. The van der Waals surface area contributed by atoms with Gasteiger partial charge in [0.25, 0.3) is 11.4 Å². The van der Waals surface area contributed by atoms with Gasteiger partial charge < -0.3 is 9.80 Å². The second-order valence-corrected chi connectivity index (χ2v) is 4.60. The predicted molar refractivity (Wildman–Crippen MR) is 68.6 cm³/mol. The molecule has 1 aromatic carbocycles. The van der Waals surface area contributed by atoms with E-state index in [0.29, 0.717) is 13.1 Å². The molecule has 0 amide bonds. The van der Waals surface area contributed by atoms with Gasteiger partial charge in [-0.1, -0.05) is 0 Å². The molecule has 1 heterocycles.